The van der Waals surface area contributed by atoms with Crippen LogP contribution in [0.1, 0.15) is 25.0 Å². The number of aromatic nitrogens is 2. The molecule has 2 saturated heterocycles. The Hall–Kier alpha value is -3.51. The number of urea groups is 1. The predicted octanol–water partition coefficient (Wildman–Crippen LogP) is 3.66. The number of alkyl halides is 5. The van der Waals surface area contributed by atoms with Crippen molar-refractivity contribution < 1.29 is 31.5 Å². The lowest BCUT2D eigenvalue weighted by atomic mass is 10.0. The third kappa shape index (κ3) is 5.34. The first kappa shape index (κ1) is 23.6. The van der Waals surface area contributed by atoms with Gasteiger partial charge in [0.15, 0.2) is 11.5 Å². The molecule has 0 radical (unpaired) electrons. The first-order chi connectivity index (χ1) is 16.0. The second-order valence-corrected chi connectivity index (χ2v) is 8.11. The van der Waals surface area contributed by atoms with Crippen molar-refractivity contribution >= 4 is 29.1 Å². The van der Waals surface area contributed by atoms with Gasteiger partial charge in [-0.05, 0) is 37.1 Å². The molecule has 2 aromatic rings. The predicted molar refractivity (Wildman–Crippen MR) is 113 cm³/mol. The van der Waals surface area contributed by atoms with E-state index in [4.69, 9.17) is 0 Å². The van der Waals surface area contributed by atoms with E-state index >= 15 is 0 Å². The van der Waals surface area contributed by atoms with Crippen LogP contribution in [0.2, 0.25) is 0 Å². The Labute approximate surface area is 191 Å². The van der Waals surface area contributed by atoms with E-state index in [-0.39, 0.29) is 31.2 Å². The molecule has 8 nitrogen and oxygen atoms in total. The molecule has 0 saturated carbocycles. The number of benzene rings is 1. The Balaban J connectivity index is 1.36. The van der Waals surface area contributed by atoms with E-state index in [2.05, 4.69) is 20.6 Å². The largest absolute Gasteiger partial charge is 0.434 e. The number of halogens is 5. The summed E-state index contributed by atoms with van der Waals surface area (Å²) >= 11 is 0. The zero-order valence-electron chi connectivity index (χ0n) is 17.8. The Bertz CT molecular complexity index is 1050. The maximum absolute atomic E-state index is 13.5. The second-order valence-electron chi connectivity index (χ2n) is 8.11. The molecule has 4 rings (SSSR count). The molecular formula is C21H21F5N6O2. The summed E-state index contributed by atoms with van der Waals surface area (Å²) in [4.78, 5) is 35.0. The highest BCUT2D eigenvalue weighted by Gasteiger charge is 2.38. The van der Waals surface area contributed by atoms with Crippen LogP contribution in [0.25, 0.3) is 0 Å². The summed E-state index contributed by atoms with van der Waals surface area (Å²) < 4.78 is 64.6. The minimum absolute atomic E-state index is 0.200. The van der Waals surface area contributed by atoms with Gasteiger partial charge in [0.2, 0.25) is 5.91 Å². The lowest BCUT2D eigenvalue weighted by Gasteiger charge is -2.33. The number of hydrogen-bond donors (Lipinski definition) is 2. The Kier molecular flexibility index (Phi) is 6.28. The van der Waals surface area contributed by atoms with Crippen molar-refractivity contribution in [1.82, 2.24) is 15.3 Å². The van der Waals surface area contributed by atoms with E-state index in [1.807, 2.05) is 0 Å². The standard InChI is InChI=1S/C21H21F5N6O2/c22-20(23)7-9-31(12-20)13-3-5-14(6-4-13)32-8-1-2-15(18(32)33)29-19(34)30-17-11-27-16(10-28-17)21(24,25)26/h3-6,10-11,15H,1-2,7-9,12H2,(H2,28,29,30,34)/t15-/m1/s1. The van der Waals surface area contributed by atoms with Crippen molar-refractivity contribution in [2.24, 2.45) is 0 Å². The fourth-order valence-electron chi connectivity index (χ4n) is 3.91. The van der Waals surface area contributed by atoms with Gasteiger partial charge in [0.25, 0.3) is 5.92 Å². The quantitative estimate of drug-likeness (QED) is 0.647. The van der Waals surface area contributed by atoms with E-state index in [0.29, 0.717) is 37.0 Å². The van der Waals surface area contributed by atoms with Crippen LogP contribution < -0.4 is 20.4 Å². The summed E-state index contributed by atoms with van der Waals surface area (Å²) in [6.07, 6.45) is -2.61. The van der Waals surface area contributed by atoms with Gasteiger partial charge in [-0.3, -0.25) is 10.1 Å². The van der Waals surface area contributed by atoms with E-state index in [0.717, 1.165) is 6.20 Å². The number of carbonyl (C=O) groups is 2. The van der Waals surface area contributed by atoms with E-state index < -0.39 is 29.9 Å². The number of carbonyl (C=O) groups excluding carboxylic acids is 2. The maximum Gasteiger partial charge on any atom is 0.434 e. The van der Waals surface area contributed by atoms with Crippen LogP contribution in [-0.4, -0.2) is 53.5 Å². The lowest BCUT2D eigenvalue weighted by Crippen LogP contribution is -2.53. The van der Waals surface area contributed by atoms with Crippen LogP contribution in [0.15, 0.2) is 36.7 Å². The lowest BCUT2D eigenvalue weighted by molar-refractivity contribution is -0.141. The summed E-state index contributed by atoms with van der Waals surface area (Å²) in [5.41, 5.74) is 0.0123. The van der Waals surface area contributed by atoms with Crippen LogP contribution >= 0.6 is 0 Å². The second kappa shape index (κ2) is 9.03. The number of nitrogens with zero attached hydrogens (tertiary/aromatic N) is 4. The van der Waals surface area contributed by atoms with E-state index in [9.17, 15) is 31.5 Å². The first-order valence-corrected chi connectivity index (χ1v) is 10.5. The summed E-state index contributed by atoms with van der Waals surface area (Å²) in [7, 11) is 0. The smallest absolute Gasteiger partial charge is 0.365 e. The van der Waals surface area contributed by atoms with Gasteiger partial charge in [-0.2, -0.15) is 13.2 Å². The van der Waals surface area contributed by atoms with Gasteiger partial charge in [-0.25, -0.2) is 23.5 Å². The van der Waals surface area contributed by atoms with Gasteiger partial charge in [0.1, 0.15) is 6.04 Å². The number of amides is 3. The number of rotatable bonds is 4. The molecule has 13 heteroatoms. The highest BCUT2D eigenvalue weighted by molar-refractivity contribution is 6.01. The van der Waals surface area contributed by atoms with Gasteiger partial charge in [0.05, 0.1) is 18.9 Å². The van der Waals surface area contributed by atoms with Gasteiger partial charge >= 0.3 is 12.2 Å². The fraction of sp³-hybridized carbons (Fsp3) is 0.429. The van der Waals surface area contributed by atoms with Gasteiger partial charge in [-0.1, -0.05) is 0 Å². The van der Waals surface area contributed by atoms with Crippen molar-refractivity contribution in [3.8, 4) is 0 Å². The highest BCUT2D eigenvalue weighted by Crippen LogP contribution is 2.32. The van der Waals surface area contributed by atoms with Gasteiger partial charge < -0.3 is 15.1 Å². The van der Waals surface area contributed by atoms with Crippen molar-refractivity contribution in [3.63, 3.8) is 0 Å². The van der Waals surface area contributed by atoms with Crippen molar-refractivity contribution in [2.45, 2.75) is 37.4 Å². The summed E-state index contributed by atoms with van der Waals surface area (Å²) in [5, 5.41) is 4.76. The monoisotopic (exact) mass is 484 g/mol. The van der Waals surface area contributed by atoms with Crippen LogP contribution in [-0.2, 0) is 11.0 Å². The van der Waals surface area contributed by atoms with Crippen LogP contribution in [0.4, 0.5) is 43.9 Å². The van der Waals surface area contributed by atoms with Crippen LogP contribution in [0.5, 0.6) is 0 Å². The molecule has 1 atom stereocenters. The van der Waals surface area contributed by atoms with Crippen molar-refractivity contribution in [3.05, 3.63) is 42.4 Å². The van der Waals surface area contributed by atoms with Crippen LogP contribution in [0, 0.1) is 0 Å². The number of piperidine rings is 1. The van der Waals surface area contributed by atoms with Crippen molar-refractivity contribution in [2.75, 3.05) is 34.8 Å². The molecule has 34 heavy (non-hydrogen) atoms. The van der Waals surface area contributed by atoms with Crippen LogP contribution in [0.3, 0.4) is 0 Å². The minimum atomic E-state index is -4.65. The molecule has 0 aliphatic carbocycles. The number of nitrogens with one attached hydrogen (secondary N) is 2. The molecule has 0 spiro atoms. The topological polar surface area (TPSA) is 90.5 Å². The molecule has 1 aromatic heterocycles. The Morgan fingerprint density at radius 2 is 1.76 bits per heavy atom. The number of hydrogen-bond acceptors (Lipinski definition) is 5. The summed E-state index contributed by atoms with van der Waals surface area (Å²) in [6.45, 7) is 0.322. The molecule has 0 bridgehead atoms. The molecule has 2 aliphatic rings. The van der Waals surface area contributed by atoms with E-state index in [1.54, 1.807) is 29.2 Å². The van der Waals surface area contributed by atoms with Gasteiger partial charge in [0, 0.05) is 30.9 Å². The molecule has 3 amide bonds. The SMILES string of the molecule is O=C(Nc1cnc(C(F)(F)F)cn1)N[C@@H]1CCCN(c2ccc(N3CCC(F)(F)C3)cc2)C1=O. The Morgan fingerprint density at radius 3 is 2.35 bits per heavy atom. The third-order valence-corrected chi connectivity index (χ3v) is 5.62. The zero-order chi connectivity index (χ0) is 24.5. The number of anilines is 3. The fourth-order valence-corrected chi connectivity index (χ4v) is 3.91. The highest BCUT2D eigenvalue weighted by atomic mass is 19.4. The Morgan fingerprint density at radius 1 is 1.06 bits per heavy atom. The maximum atomic E-state index is 13.5. The van der Waals surface area contributed by atoms with Crippen molar-refractivity contribution in [1.29, 1.82) is 0 Å². The minimum Gasteiger partial charge on any atom is -0.365 e. The molecule has 2 aliphatic heterocycles. The average Bonchev–Trinajstić information content (AvgIpc) is 3.15. The summed E-state index contributed by atoms with van der Waals surface area (Å²) in [6, 6.07) is 5.04. The molecular weight excluding hydrogens is 463 g/mol. The first-order valence-electron chi connectivity index (χ1n) is 10.5. The normalized spacial score (nSPS) is 20.4. The summed E-state index contributed by atoms with van der Waals surface area (Å²) in [5.74, 6) is -3.28. The average molecular weight is 484 g/mol. The molecule has 0 unspecified atom stereocenters. The molecule has 2 N–H and O–H groups in total. The zero-order valence-corrected chi connectivity index (χ0v) is 17.8. The molecule has 3 heterocycles. The molecule has 2 fully saturated rings. The molecule has 182 valence electrons. The van der Waals surface area contributed by atoms with Gasteiger partial charge in [-0.15, -0.1) is 0 Å². The molecule has 1 aromatic carbocycles. The van der Waals surface area contributed by atoms with E-state index in [1.165, 1.54) is 4.90 Å². The third-order valence-electron chi connectivity index (χ3n) is 5.62.